The van der Waals surface area contributed by atoms with Gasteiger partial charge >= 0.3 is 0 Å². The van der Waals surface area contributed by atoms with Crippen molar-refractivity contribution >= 4 is 10.0 Å². The molecular weight excluding hydrogens is 292 g/mol. The summed E-state index contributed by atoms with van der Waals surface area (Å²) in [5, 5.41) is 3.74. The summed E-state index contributed by atoms with van der Waals surface area (Å²) in [5.41, 5.74) is 0.684. The summed E-state index contributed by atoms with van der Waals surface area (Å²) in [6.45, 7) is 1.49. The van der Waals surface area contributed by atoms with Crippen molar-refractivity contribution in [2.45, 2.75) is 24.3 Å². The summed E-state index contributed by atoms with van der Waals surface area (Å²) >= 11 is 0. The molecule has 0 atom stereocenters. The maximum atomic E-state index is 12.4. The van der Waals surface area contributed by atoms with Gasteiger partial charge in [-0.3, -0.25) is 0 Å². The third kappa shape index (κ3) is 3.08. The molecule has 0 radical (unpaired) electrons. The molecule has 0 unspecified atom stereocenters. The van der Waals surface area contributed by atoms with E-state index in [9.17, 15) is 8.42 Å². The van der Waals surface area contributed by atoms with Gasteiger partial charge in [0.2, 0.25) is 10.0 Å². The van der Waals surface area contributed by atoms with Gasteiger partial charge in [-0.05, 0) is 37.1 Å². The van der Waals surface area contributed by atoms with Crippen molar-refractivity contribution < 1.29 is 17.7 Å². The minimum atomic E-state index is -3.36. The monoisotopic (exact) mass is 308 g/mol. The first kappa shape index (κ1) is 14.1. The highest BCUT2D eigenvalue weighted by molar-refractivity contribution is 7.89. The normalized spacial score (nSPS) is 16.2. The molecule has 1 saturated heterocycles. The zero-order valence-electron chi connectivity index (χ0n) is 11.4. The Kier molecular flexibility index (Phi) is 3.94. The van der Waals surface area contributed by atoms with Crippen molar-refractivity contribution in [1.29, 1.82) is 0 Å². The minimum absolute atomic E-state index is 0.286. The van der Waals surface area contributed by atoms with Crippen molar-refractivity contribution in [3.63, 3.8) is 0 Å². The Morgan fingerprint density at radius 2 is 1.86 bits per heavy atom. The number of hydrogen-bond donors (Lipinski definition) is 0. The number of sulfonamides is 1. The molecule has 1 aromatic carbocycles. The van der Waals surface area contributed by atoms with Crippen LogP contribution in [0, 0.1) is 0 Å². The highest BCUT2D eigenvalue weighted by atomic mass is 32.2. The average molecular weight is 308 g/mol. The van der Waals surface area contributed by atoms with Crippen LogP contribution < -0.4 is 4.74 Å². The van der Waals surface area contributed by atoms with Crippen LogP contribution in [0.5, 0.6) is 5.75 Å². The van der Waals surface area contributed by atoms with Gasteiger partial charge in [0.25, 0.3) is 0 Å². The van der Waals surface area contributed by atoms with Gasteiger partial charge in [0, 0.05) is 19.2 Å². The Balaban J connectivity index is 1.68. The van der Waals surface area contributed by atoms with Crippen LogP contribution in [0.3, 0.4) is 0 Å². The van der Waals surface area contributed by atoms with Gasteiger partial charge in [-0.2, -0.15) is 4.31 Å². The van der Waals surface area contributed by atoms with Crippen LogP contribution in [-0.2, 0) is 16.6 Å². The maximum Gasteiger partial charge on any atom is 0.243 e. The van der Waals surface area contributed by atoms with Crippen molar-refractivity contribution in [3.05, 3.63) is 42.3 Å². The molecule has 1 aliphatic rings. The molecular formula is C14H16N2O4S. The average Bonchev–Trinajstić information content (AvgIpc) is 3.19. The summed E-state index contributed by atoms with van der Waals surface area (Å²) in [5.74, 6) is 0.596. The van der Waals surface area contributed by atoms with Gasteiger partial charge < -0.3 is 9.26 Å². The lowest BCUT2D eigenvalue weighted by Gasteiger charge is -2.15. The summed E-state index contributed by atoms with van der Waals surface area (Å²) in [6, 6.07) is 8.18. The van der Waals surface area contributed by atoms with E-state index in [1.165, 1.54) is 10.6 Å². The highest BCUT2D eigenvalue weighted by Gasteiger charge is 2.26. The largest absolute Gasteiger partial charge is 0.487 e. The number of nitrogens with zero attached hydrogens (tertiary/aromatic N) is 2. The molecule has 1 fully saturated rings. The molecule has 2 aromatic rings. The van der Waals surface area contributed by atoms with Gasteiger partial charge in [-0.1, -0.05) is 5.16 Å². The van der Waals surface area contributed by atoms with E-state index >= 15 is 0 Å². The first-order valence-electron chi connectivity index (χ1n) is 6.78. The van der Waals surface area contributed by atoms with Gasteiger partial charge in [0.1, 0.15) is 24.3 Å². The zero-order valence-corrected chi connectivity index (χ0v) is 12.3. The van der Waals surface area contributed by atoms with Crippen LogP contribution in [0.4, 0.5) is 0 Å². The van der Waals surface area contributed by atoms with Crippen LogP contribution >= 0.6 is 0 Å². The van der Waals surface area contributed by atoms with Crippen molar-refractivity contribution in [3.8, 4) is 5.75 Å². The fourth-order valence-electron chi connectivity index (χ4n) is 2.25. The Labute approximate surface area is 123 Å². The number of rotatable bonds is 5. The number of hydrogen-bond acceptors (Lipinski definition) is 5. The second-order valence-corrected chi connectivity index (χ2v) is 6.80. The van der Waals surface area contributed by atoms with E-state index < -0.39 is 10.0 Å². The summed E-state index contributed by atoms with van der Waals surface area (Å²) in [4.78, 5) is 0.304. The highest BCUT2D eigenvalue weighted by Crippen LogP contribution is 2.23. The molecule has 0 N–H and O–H groups in total. The molecule has 1 aliphatic heterocycles. The van der Waals surface area contributed by atoms with E-state index in [4.69, 9.17) is 9.26 Å². The lowest BCUT2D eigenvalue weighted by molar-refractivity contribution is 0.289. The van der Waals surface area contributed by atoms with Crippen molar-refractivity contribution in [2.75, 3.05) is 13.1 Å². The summed E-state index contributed by atoms with van der Waals surface area (Å²) in [6.07, 6.45) is 3.33. The standard InChI is InChI=1S/C14H16N2O4S/c17-21(18,16-8-1-2-9-16)14-5-3-13(4-6-14)19-11-12-7-10-20-15-12/h3-7,10H,1-2,8-9,11H2. The van der Waals surface area contributed by atoms with E-state index in [-0.39, 0.29) is 6.61 Å². The fraction of sp³-hybridized carbons (Fsp3) is 0.357. The van der Waals surface area contributed by atoms with Gasteiger partial charge in [0.15, 0.2) is 0 Å². The Hall–Kier alpha value is -1.86. The summed E-state index contributed by atoms with van der Waals surface area (Å²) in [7, 11) is -3.36. The Morgan fingerprint density at radius 1 is 1.14 bits per heavy atom. The van der Waals surface area contributed by atoms with E-state index in [2.05, 4.69) is 5.16 Å². The second kappa shape index (κ2) is 5.87. The topological polar surface area (TPSA) is 72.6 Å². The van der Waals surface area contributed by atoms with E-state index in [1.807, 2.05) is 0 Å². The van der Waals surface area contributed by atoms with E-state index in [0.717, 1.165) is 12.8 Å². The lowest BCUT2D eigenvalue weighted by atomic mass is 10.3. The molecule has 0 spiro atoms. The number of ether oxygens (including phenoxy) is 1. The third-order valence-electron chi connectivity index (χ3n) is 3.40. The Bertz CT molecular complexity index is 674. The molecule has 0 aliphatic carbocycles. The van der Waals surface area contributed by atoms with Crippen LogP contribution in [0.15, 0.2) is 46.0 Å². The van der Waals surface area contributed by atoms with Crippen LogP contribution in [-0.4, -0.2) is 31.0 Å². The molecule has 0 saturated carbocycles. The molecule has 3 rings (SSSR count). The SMILES string of the molecule is O=S(=O)(c1ccc(OCc2ccon2)cc1)N1CCCC1. The third-order valence-corrected chi connectivity index (χ3v) is 5.32. The molecule has 21 heavy (non-hydrogen) atoms. The maximum absolute atomic E-state index is 12.4. The molecule has 6 nitrogen and oxygen atoms in total. The number of aromatic nitrogens is 1. The zero-order chi connectivity index (χ0) is 14.7. The smallest absolute Gasteiger partial charge is 0.243 e. The quantitative estimate of drug-likeness (QED) is 0.845. The second-order valence-electron chi connectivity index (χ2n) is 4.86. The Morgan fingerprint density at radius 3 is 2.48 bits per heavy atom. The van der Waals surface area contributed by atoms with Crippen LogP contribution in [0.25, 0.3) is 0 Å². The number of benzene rings is 1. The van der Waals surface area contributed by atoms with Crippen molar-refractivity contribution in [1.82, 2.24) is 9.46 Å². The molecule has 7 heteroatoms. The first-order chi connectivity index (χ1) is 10.2. The van der Waals surface area contributed by atoms with Crippen LogP contribution in [0.1, 0.15) is 18.5 Å². The fourth-order valence-corrected chi connectivity index (χ4v) is 3.77. The lowest BCUT2D eigenvalue weighted by Crippen LogP contribution is -2.27. The van der Waals surface area contributed by atoms with Gasteiger partial charge in [-0.15, -0.1) is 0 Å². The van der Waals surface area contributed by atoms with E-state index in [0.29, 0.717) is 29.4 Å². The van der Waals surface area contributed by atoms with Crippen LogP contribution in [0.2, 0.25) is 0 Å². The first-order valence-corrected chi connectivity index (χ1v) is 8.22. The summed E-state index contributed by atoms with van der Waals surface area (Å²) < 4.78 is 36.5. The molecule has 0 bridgehead atoms. The van der Waals surface area contributed by atoms with Crippen molar-refractivity contribution in [2.24, 2.45) is 0 Å². The van der Waals surface area contributed by atoms with Gasteiger partial charge in [-0.25, -0.2) is 8.42 Å². The molecule has 0 amide bonds. The van der Waals surface area contributed by atoms with Gasteiger partial charge in [0.05, 0.1) is 4.90 Å². The predicted octanol–water partition coefficient (Wildman–Crippen LogP) is 2.04. The van der Waals surface area contributed by atoms with E-state index in [1.54, 1.807) is 30.3 Å². The molecule has 2 heterocycles. The molecule has 1 aromatic heterocycles. The predicted molar refractivity (Wildman–Crippen MR) is 75.3 cm³/mol. The minimum Gasteiger partial charge on any atom is -0.487 e. The molecule has 112 valence electrons.